The zero-order valence-electron chi connectivity index (χ0n) is 19.4. The van der Waals surface area contributed by atoms with Crippen LogP contribution in [0.1, 0.15) is 48.8 Å². The summed E-state index contributed by atoms with van der Waals surface area (Å²) in [6, 6.07) is 11.4. The average molecular weight is 483 g/mol. The van der Waals surface area contributed by atoms with Crippen molar-refractivity contribution in [3.8, 4) is 11.3 Å². The van der Waals surface area contributed by atoms with E-state index in [9.17, 15) is 18.3 Å². The molecule has 35 heavy (non-hydrogen) atoms. The SMILES string of the molecule is O[C@H]1Cc2ccc(Nc3cc(-c4ccc(C(F)(F)F)cc4NCC4CCCCC4)ncn3)cc2C1. The molecule has 0 bridgehead atoms. The van der Waals surface area contributed by atoms with Crippen molar-refractivity contribution in [1.82, 2.24) is 9.97 Å². The second kappa shape index (κ2) is 9.85. The summed E-state index contributed by atoms with van der Waals surface area (Å²) < 4.78 is 40.3. The molecule has 1 atom stereocenters. The molecule has 5 rings (SSSR count). The van der Waals surface area contributed by atoms with Gasteiger partial charge in [0, 0.05) is 29.5 Å². The van der Waals surface area contributed by atoms with E-state index in [-0.39, 0.29) is 6.10 Å². The van der Waals surface area contributed by atoms with Crippen molar-refractivity contribution in [3.63, 3.8) is 0 Å². The summed E-state index contributed by atoms with van der Waals surface area (Å²) in [6.45, 7) is 0.644. The third-order valence-corrected chi connectivity index (χ3v) is 6.99. The molecule has 0 aliphatic heterocycles. The zero-order chi connectivity index (χ0) is 24.4. The number of nitrogens with one attached hydrogen (secondary N) is 2. The smallest absolute Gasteiger partial charge is 0.392 e. The van der Waals surface area contributed by atoms with Crippen molar-refractivity contribution in [2.75, 3.05) is 17.2 Å². The largest absolute Gasteiger partial charge is 0.416 e. The predicted molar refractivity (Wildman–Crippen MR) is 131 cm³/mol. The lowest BCUT2D eigenvalue weighted by atomic mass is 9.89. The first-order chi connectivity index (χ1) is 16.8. The Labute approximate surface area is 202 Å². The monoisotopic (exact) mass is 482 g/mol. The van der Waals surface area contributed by atoms with Gasteiger partial charge in [-0.2, -0.15) is 13.2 Å². The molecule has 1 fully saturated rings. The Kier molecular flexibility index (Phi) is 6.65. The van der Waals surface area contributed by atoms with Crippen LogP contribution in [0.5, 0.6) is 0 Å². The van der Waals surface area contributed by atoms with Crippen molar-refractivity contribution in [3.05, 3.63) is 65.5 Å². The predicted octanol–water partition coefficient (Wildman–Crippen LogP) is 6.36. The first-order valence-electron chi connectivity index (χ1n) is 12.2. The molecule has 0 saturated heterocycles. The fourth-order valence-corrected chi connectivity index (χ4v) is 5.13. The molecular weight excluding hydrogens is 453 g/mol. The van der Waals surface area contributed by atoms with Crippen LogP contribution in [-0.4, -0.2) is 27.7 Å². The lowest BCUT2D eigenvalue weighted by Gasteiger charge is -2.23. The van der Waals surface area contributed by atoms with Crippen LogP contribution in [0.4, 0.5) is 30.4 Å². The molecule has 1 saturated carbocycles. The Balaban J connectivity index is 1.40. The number of aliphatic hydroxyl groups is 1. The van der Waals surface area contributed by atoms with Gasteiger partial charge in [-0.1, -0.05) is 31.4 Å². The van der Waals surface area contributed by atoms with E-state index in [4.69, 9.17) is 0 Å². The quantitative estimate of drug-likeness (QED) is 0.382. The first-order valence-corrected chi connectivity index (χ1v) is 12.2. The number of anilines is 3. The highest BCUT2D eigenvalue weighted by Gasteiger charge is 2.31. The highest BCUT2D eigenvalue weighted by molar-refractivity contribution is 5.78. The Morgan fingerprint density at radius 3 is 2.51 bits per heavy atom. The van der Waals surface area contributed by atoms with Gasteiger partial charge in [0.25, 0.3) is 0 Å². The van der Waals surface area contributed by atoms with Crippen LogP contribution in [0.3, 0.4) is 0 Å². The van der Waals surface area contributed by atoms with Gasteiger partial charge in [0.1, 0.15) is 12.1 Å². The summed E-state index contributed by atoms with van der Waals surface area (Å²) >= 11 is 0. The molecule has 0 spiro atoms. The number of aliphatic hydroxyl groups excluding tert-OH is 1. The molecule has 3 N–H and O–H groups in total. The summed E-state index contributed by atoms with van der Waals surface area (Å²) in [5.41, 5.74) is 3.99. The van der Waals surface area contributed by atoms with Gasteiger partial charge in [-0.15, -0.1) is 0 Å². The maximum absolute atomic E-state index is 13.4. The molecule has 5 nitrogen and oxygen atoms in total. The molecule has 2 aliphatic carbocycles. The number of hydrogen-bond donors (Lipinski definition) is 3. The van der Waals surface area contributed by atoms with Gasteiger partial charge in [-0.25, -0.2) is 9.97 Å². The van der Waals surface area contributed by atoms with Crippen LogP contribution >= 0.6 is 0 Å². The summed E-state index contributed by atoms with van der Waals surface area (Å²) in [5.74, 6) is 1.01. The highest BCUT2D eigenvalue weighted by atomic mass is 19.4. The van der Waals surface area contributed by atoms with Crippen LogP contribution < -0.4 is 10.6 Å². The number of hydrogen-bond acceptors (Lipinski definition) is 5. The summed E-state index contributed by atoms with van der Waals surface area (Å²) in [7, 11) is 0. The van der Waals surface area contributed by atoms with Gasteiger partial charge >= 0.3 is 6.18 Å². The van der Waals surface area contributed by atoms with Crippen molar-refractivity contribution in [2.45, 2.75) is 57.2 Å². The molecule has 2 aliphatic rings. The third-order valence-electron chi connectivity index (χ3n) is 6.99. The molecular formula is C27H29F3N4O. The van der Waals surface area contributed by atoms with E-state index in [1.165, 1.54) is 37.7 Å². The van der Waals surface area contributed by atoms with E-state index in [1.807, 2.05) is 18.2 Å². The van der Waals surface area contributed by atoms with E-state index in [1.54, 1.807) is 6.07 Å². The average Bonchev–Trinajstić information content (AvgIpc) is 3.22. The van der Waals surface area contributed by atoms with Crippen molar-refractivity contribution < 1.29 is 18.3 Å². The van der Waals surface area contributed by atoms with Gasteiger partial charge in [0.05, 0.1) is 17.4 Å². The molecule has 1 heterocycles. The topological polar surface area (TPSA) is 70.1 Å². The standard InChI is InChI=1S/C27H29F3N4O/c28-27(29,30)20-7-9-23(24(13-20)31-15-17-4-2-1-3-5-17)25-14-26(33-16-32-25)34-21-8-6-18-11-22(35)12-19(18)10-21/h6-10,13-14,16-17,22,31,35H,1-5,11-12,15H2,(H,32,33,34)/t22-/m0/s1. The first kappa shape index (κ1) is 23.6. The van der Waals surface area contributed by atoms with E-state index in [2.05, 4.69) is 20.6 Å². The molecule has 0 unspecified atom stereocenters. The summed E-state index contributed by atoms with van der Waals surface area (Å²) in [4.78, 5) is 8.66. The molecule has 0 amide bonds. The fourth-order valence-electron chi connectivity index (χ4n) is 5.13. The van der Waals surface area contributed by atoms with E-state index >= 15 is 0 Å². The summed E-state index contributed by atoms with van der Waals surface area (Å²) in [6.07, 6.45) is 3.71. The van der Waals surface area contributed by atoms with Crippen LogP contribution in [0.15, 0.2) is 48.8 Å². The minimum absolute atomic E-state index is 0.342. The van der Waals surface area contributed by atoms with Crippen molar-refractivity contribution in [1.29, 1.82) is 0 Å². The van der Waals surface area contributed by atoms with Gasteiger partial charge in [-0.05, 0) is 67.0 Å². The molecule has 184 valence electrons. The molecule has 2 aromatic carbocycles. The number of fused-ring (bicyclic) bond motifs is 1. The summed E-state index contributed by atoms with van der Waals surface area (Å²) in [5, 5.41) is 16.5. The Bertz CT molecular complexity index is 1190. The normalized spacial score (nSPS) is 18.3. The second-order valence-electron chi connectivity index (χ2n) is 9.60. The van der Waals surface area contributed by atoms with Gasteiger partial charge in [0.15, 0.2) is 0 Å². The molecule has 0 radical (unpaired) electrons. The highest BCUT2D eigenvalue weighted by Crippen LogP contribution is 2.36. The van der Waals surface area contributed by atoms with Crippen LogP contribution in [0.2, 0.25) is 0 Å². The van der Waals surface area contributed by atoms with E-state index in [0.29, 0.717) is 48.1 Å². The van der Waals surface area contributed by atoms with Crippen molar-refractivity contribution in [2.24, 2.45) is 5.92 Å². The Morgan fingerprint density at radius 2 is 1.71 bits per heavy atom. The minimum atomic E-state index is -4.42. The lowest BCUT2D eigenvalue weighted by Crippen LogP contribution is -2.18. The van der Waals surface area contributed by atoms with Gasteiger partial charge < -0.3 is 15.7 Å². The van der Waals surface area contributed by atoms with E-state index < -0.39 is 11.7 Å². The number of aromatic nitrogens is 2. The Hall–Kier alpha value is -3.13. The fraction of sp³-hybridized carbons (Fsp3) is 0.407. The minimum Gasteiger partial charge on any atom is -0.392 e. The van der Waals surface area contributed by atoms with Gasteiger partial charge in [-0.3, -0.25) is 0 Å². The zero-order valence-corrected chi connectivity index (χ0v) is 19.4. The maximum atomic E-state index is 13.4. The number of alkyl halides is 3. The number of benzene rings is 2. The number of rotatable bonds is 6. The third kappa shape index (κ3) is 5.59. The molecule has 8 heteroatoms. The molecule has 1 aromatic heterocycles. The van der Waals surface area contributed by atoms with Crippen LogP contribution in [0, 0.1) is 5.92 Å². The van der Waals surface area contributed by atoms with Crippen LogP contribution in [-0.2, 0) is 19.0 Å². The lowest BCUT2D eigenvalue weighted by molar-refractivity contribution is -0.137. The Morgan fingerprint density at radius 1 is 0.914 bits per heavy atom. The van der Waals surface area contributed by atoms with Crippen LogP contribution in [0.25, 0.3) is 11.3 Å². The van der Waals surface area contributed by atoms with E-state index in [0.717, 1.165) is 35.7 Å². The number of nitrogens with zero attached hydrogens (tertiary/aromatic N) is 2. The maximum Gasteiger partial charge on any atom is 0.416 e. The second-order valence-corrected chi connectivity index (χ2v) is 9.60. The van der Waals surface area contributed by atoms with Crippen molar-refractivity contribution >= 4 is 17.2 Å². The molecule has 3 aromatic rings. The van der Waals surface area contributed by atoms with Gasteiger partial charge in [0.2, 0.25) is 0 Å². The number of halogens is 3.